The fourth-order valence-electron chi connectivity index (χ4n) is 0.583. The van der Waals surface area contributed by atoms with E-state index in [1.54, 1.807) is 0 Å². The summed E-state index contributed by atoms with van der Waals surface area (Å²) in [5.41, 5.74) is 0.965. The maximum atomic E-state index is 8.54. The van der Waals surface area contributed by atoms with Gasteiger partial charge in [-0.2, -0.15) is 0 Å². The van der Waals surface area contributed by atoms with Gasteiger partial charge in [-0.25, -0.2) is 0 Å². The third kappa shape index (κ3) is 6.17. The number of aliphatic hydroxyl groups excluding tert-OH is 1. The van der Waals surface area contributed by atoms with Crippen LogP contribution in [0.2, 0.25) is 0 Å². The van der Waals surface area contributed by atoms with Crippen LogP contribution in [0, 0.1) is 0 Å². The second-order valence-electron chi connectivity index (χ2n) is 1.64. The van der Waals surface area contributed by atoms with Crippen molar-refractivity contribution < 1.29 is 5.11 Å². The smallest absolute Gasteiger partial charge is 0.0681 e. The summed E-state index contributed by atoms with van der Waals surface area (Å²) in [6.07, 6.45) is 0. The van der Waals surface area contributed by atoms with Gasteiger partial charge in [0.15, 0.2) is 0 Å². The molecule has 0 aromatic heterocycles. The van der Waals surface area contributed by atoms with E-state index in [-0.39, 0.29) is 38.8 Å². The van der Waals surface area contributed by atoms with E-state index in [1.807, 2.05) is 30.3 Å². The SMILES string of the molecule is C.Cl.Cl.OCc1ccccc1. The fourth-order valence-corrected chi connectivity index (χ4v) is 0.583. The molecular weight excluding hydrogens is 183 g/mol. The van der Waals surface area contributed by atoms with Gasteiger partial charge in [0.1, 0.15) is 0 Å². The molecular formula is C8H14Cl2O. The molecule has 3 heteroatoms. The van der Waals surface area contributed by atoms with E-state index < -0.39 is 0 Å². The molecule has 11 heavy (non-hydrogen) atoms. The lowest BCUT2D eigenvalue weighted by Gasteiger charge is -1.89. The average Bonchev–Trinajstić information content (AvgIpc) is 1.90. The molecule has 0 spiro atoms. The van der Waals surface area contributed by atoms with Crippen LogP contribution in [0.4, 0.5) is 0 Å². The molecule has 0 saturated heterocycles. The summed E-state index contributed by atoms with van der Waals surface area (Å²) in [4.78, 5) is 0. The van der Waals surface area contributed by atoms with Gasteiger partial charge in [-0.1, -0.05) is 37.8 Å². The molecule has 1 nitrogen and oxygen atoms in total. The van der Waals surface area contributed by atoms with Crippen LogP contribution in [0.3, 0.4) is 0 Å². The van der Waals surface area contributed by atoms with Crippen LogP contribution < -0.4 is 0 Å². The van der Waals surface area contributed by atoms with Crippen molar-refractivity contribution in [1.29, 1.82) is 0 Å². The summed E-state index contributed by atoms with van der Waals surface area (Å²) in [6.45, 7) is 0.140. The molecule has 0 radical (unpaired) electrons. The highest BCUT2D eigenvalue weighted by Crippen LogP contribution is 1.95. The zero-order valence-electron chi connectivity index (χ0n) is 5.36. The summed E-state index contributed by atoms with van der Waals surface area (Å²) in [5, 5.41) is 8.54. The lowest BCUT2D eigenvalue weighted by Crippen LogP contribution is -1.77. The number of halogens is 2. The van der Waals surface area contributed by atoms with E-state index in [2.05, 4.69) is 0 Å². The van der Waals surface area contributed by atoms with Crippen LogP contribution in [0.5, 0.6) is 0 Å². The highest BCUT2D eigenvalue weighted by Gasteiger charge is 1.81. The van der Waals surface area contributed by atoms with Crippen molar-refractivity contribution in [1.82, 2.24) is 0 Å². The molecule has 0 heterocycles. The Kier molecular flexibility index (Phi) is 15.1. The lowest BCUT2D eigenvalue weighted by molar-refractivity contribution is 0.282. The fraction of sp³-hybridized carbons (Fsp3) is 0.250. The highest BCUT2D eigenvalue weighted by atomic mass is 35.5. The van der Waals surface area contributed by atoms with Crippen molar-refractivity contribution in [3.8, 4) is 0 Å². The van der Waals surface area contributed by atoms with Crippen molar-refractivity contribution in [3.63, 3.8) is 0 Å². The van der Waals surface area contributed by atoms with Crippen LogP contribution >= 0.6 is 24.8 Å². The average molecular weight is 197 g/mol. The predicted octanol–water partition coefficient (Wildman–Crippen LogP) is 2.66. The third-order valence-corrected chi connectivity index (χ3v) is 1.03. The Morgan fingerprint density at radius 2 is 1.45 bits per heavy atom. The first-order chi connectivity index (χ1) is 3.93. The van der Waals surface area contributed by atoms with E-state index in [0.717, 1.165) is 5.56 Å². The summed E-state index contributed by atoms with van der Waals surface area (Å²) >= 11 is 0. The van der Waals surface area contributed by atoms with Crippen LogP contribution in [-0.2, 0) is 6.61 Å². The molecule has 0 aliphatic carbocycles. The minimum atomic E-state index is 0. The summed E-state index contributed by atoms with van der Waals surface area (Å²) in [6, 6.07) is 9.52. The molecule has 0 bridgehead atoms. The van der Waals surface area contributed by atoms with Crippen molar-refractivity contribution >= 4 is 24.8 Å². The molecule has 0 atom stereocenters. The Bertz CT molecular complexity index is 153. The molecule has 1 rings (SSSR count). The van der Waals surface area contributed by atoms with Crippen LogP contribution in [0.1, 0.15) is 13.0 Å². The second kappa shape index (κ2) is 9.76. The van der Waals surface area contributed by atoms with Crippen LogP contribution in [-0.4, -0.2) is 5.11 Å². The number of rotatable bonds is 1. The first-order valence-corrected chi connectivity index (χ1v) is 2.58. The highest BCUT2D eigenvalue weighted by molar-refractivity contribution is 5.85. The van der Waals surface area contributed by atoms with Gasteiger partial charge in [0.2, 0.25) is 0 Å². The number of hydrogen-bond acceptors (Lipinski definition) is 1. The van der Waals surface area contributed by atoms with Crippen LogP contribution in [0.15, 0.2) is 30.3 Å². The molecule has 0 aliphatic rings. The predicted molar refractivity (Wildman–Crippen MR) is 53.6 cm³/mol. The number of hydrogen-bond donors (Lipinski definition) is 1. The molecule has 1 aromatic rings. The van der Waals surface area contributed by atoms with E-state index in [0.29, 0.717) is 0 Å². The minimum Gasteiger partial charge on any atom is -0.392 e. The van der Waals surface area contributed by atoms with Gasteiger partial charge in [-0.15, -0.1) is 24.8 Å². The molecule has 0 unspecified atom stereocenters. The Hall–Kier alpha value is -0.240. The Morgan fingerprint density at radius 1 is 1.00 bits per heavy atom. The van der Waals surface area contributed by atoms with Gasteiger partial charge >= 0.3 is 0 Å². The Morgan fingerprint density at radius 3 is 1.73 bits per heavy atom. The maximum absolute atomic E-state index is 8.54. The van der Waals surface area contributed by atoms with Crippen molar-refractivity contribution in [2.45, 2.75) is 14.0 Å². The molecule has 0 fully saturated rings. The standard InChI is InChI=1S/C7H8O.CH4.2ClH/c8-6-7-4-2-1-3-5-7;;;/h1-5,8H,6H2;1H4;2*1H. The zero-order valence-corrected chi connectivity index (χ0v) is 6.99. The third-order valence-electron chi connectivity index (χ3n) is 1.03. The van der Waals surface area contributed by atoms with E-state index in [1.165, 1.54) is 0 Å². The maximum Gasteiger partial charge on any atom is 0.0681 e. The monoisotopic (exact) mass is 196 g/mol. The number of aliphatic hydroxyl groups is 1. The van der Waals surface area contributed by atoms with Gasteiger partial charge in [-0.3, -0.25) is 0 Å². The van der Waals surface area contributed by atoms with Gasteiger partial charge < -0.3 is 5.11 Å². The van der Waals surface area contributed by atoms with Gasteiger partial charge in [-0.05, 0) is 5.56 Å². The first-order valence-electron chi connectivity index (χ1n) is 2.58. The van der Waals surface area contributed by atoms with E-state index >= 15 is 0 Å². The Labute approximate surface area is 80.3 Å². The lowest BCUT2D eigenvalue weighted by atomic mass is 10.2. The minimum absolute atomic E-state index is 0. The normalized spacial score (nSPS) is 6.64. The zero-order chi connectivity index (χ0) is 5.82. The van der Waals surface area contributed by atoms with Gasteiger partial charge in [0, 0.05) is 0 Å². The van der Waals surface area contributed by atoms with E-state index in [9.17, 15) is 0 Å². The largest absolute Gasteiger partial charge is 0.392 e. The number of benzene rings is 1. The molecule has 1 aromatic carbocycles. The second-order valence-corrected chi connectivity index (χ2v) is 1.64. The van der Waals surface area contributed by atoms with Crippen molar-refractivity contribution in [2.24, 2.45) is 0 Å². The summed E-state index contributed by atoms with van der Waals surface area (Å²) in [5.74, 6) is 0. The molecule has 0 amide bonds. The van der Waals surface area contributed by atoms with E-state index in [4.69, 9.17) is 5.11 Å². The molecule has 0 aliphatic heterocycles. The topological polar surface area (TPSA) is 20.2 Å². The quantitative estimate of drug-likeness (QED) is 0.733. The Balaban J connectivity index is -0.000000213. The summed E-state index contributed by atoms with van der Waals surface area (Å²) in [7, 11) is 0. The summed E-state index contributed by atoms with van der Waals surface area (Å²) < 4.78 is 0. The van der Waals surface area contributed by atoms with Crippen molar-refractivity contribution in [3.05, 3.63) is 35.9 Å². The van der Waals surface area contributed by atoms with Gasteiger partial charge in [0.05, 0.1) is 6.61 Å². The van der Waals surface area contributed by atoms with Crippen LogP contribution in [0.25, 0.3) is 0 Å². The molecule has 0 saturated carbocycles. The van der Waals surface area contributed by atoms with Gasteiger partial charge in [0.25, 0.3) is 0 Å². The van der Waals surface area contributed by atoms with Crippen molar-refractivity contribution in [2.75, 3.05) is 0 Å². The first kappa shape index (κ1) is 17.0. The molecule has 1 N–H and O–H groups in total. The molecule has 66 valence electrons.